The van der Waals surface area contributed by atoms with E-state index in [9.17, 15) is 0 Å². The number of hydrogen-bond acceptors (Lipinski definition) is 2. The summed E-state index contributed by atoms with van der Waals surface area (Å²) in [5.74, 6) is 0. The molecule has 1 unspecified atom stereocenters. The number of aryl methyl sites for hydroxylation is 1. The Kier molecular flexibility index (Phi) is 4.79. The van der Waals surface area contributed by atoms with Gasteiger partial charge in [-0.2, -0.15) is 0 Å². The van der Waals surface area contributed by atoms with Crippen LogP contribution in [0.25, 0.3) is 0 Å². The fourth-order valence-corrected chi connectivity index (χ4v) is 1.73. The Balaban J connectivity index is 2.53. The third kappa shape index (κ3) is 4.02. The summed E-state index contributed by atoms with van der Waals surface area (Å²) in [6.07, 6.45) is 1.18. The van der Waals surface area contributed by atoms with Gasteiger partial charge >= 0.3 is 0 Å². The molecule has 1 atom stereocenters. The summed E-state index contributed by atoms with van der Waals surface area (Å²) < 4.78 is 0. The van der Waals surface area contributed by atoms with Crippen LogP contribution in [0.15, 0.2) is 24.3 Å². The average molecular weight is 206 g/mol. The van der Waals surface area contributed by atoms with Gasteiger partial charge in [0.1, 0.15) is 0 Å². The van der Waals surface area contributed by atoms with Crippen LogP contribution < -0.4 is 5.73 Å². The minimum absolute atomic E-state index is 0.127. The van der Waals surface area contributed by atoms with Gasteiger partial charge in [-0.3, -0.25) is 0 Å². The Morgan fingerprint density at radius 2 is 1.87 bits per heavy atom. The molecule has 0 aliphatic heterocycles. The van der Waals surface area contributed by atoms with Crippen molar-refractivity contribution in [2.45, 2.75) is 26.3 Å². The zero-order valence-electron chi connectivity index (χ0n) is 10.0. The molecule has 0 saturated heterocycles. The molecule has 0 spiro atoms. The topological polar surface area (TPSA) is 29.3 Å². The monoisotopic (exact) mass is 206 g/mol. The second kappa shape index (κ2) is 5.89. The molecule has 0 saturated carbocycles. The van der Waals surface area contributed by atoms with Gasteiger partial charge in [-0.15, -0.1) is 0 Å². The fraction of sp³-hybridized carbons (Fsp3) is 0.538. The van der Waals surface area contributed by atoms with Crippen LogP contribution in [0.4, 0.5) is 0 Å². The molecule has 1 aromatic rings. The van der Waals surface area contributed by atoms with Gasteiger partial charge < -0.3 is 10.6 Å². The van der Waals surface area contributed by atoms with Crippen molar-refractivity contribution >= 4 is 0 Å². The lowest BCUT2D eigenvalue weighted by Crippen LogP contribution is -2.29. The highest BCUT2D eigenvalue weighted by molar-refractivity contribution is 5.24. The van der Waals surface area contributed by atoms with Crippen LogP contribution in [0.5, 0.6) is 0 Å². The van der Waals surface area contributed by atoms with Crippen LogP contribution in [0.2, 0.25) is 0 Å². The van der Waals surface area contributed by atoms with Crippen molar-refractivity contribution in [3.63, 3.8) is 0 Å². The van der Waals surface area contributed by atoms with E-state index in [2.05, 4.69) is 50.1 Å². The van der Waals surface area contributed by atoms with E-state index in [4.69, 9.17) is 5.73 Å². The van der Waals surface area contributed by atoms with Crippen LogP contribution in [0.1, 0.15) is 30.5 Å². The maximum atomic E-state index is 6.13. The number of nitrogens with two attached hydrogens (primary N) is 1. The molecule has 0 amide bonds. The number of rotatable bonds is 5. The lowest BCUT2D eigenvalue weighted by atomic mass is 10.1. The number of hydrogen-bond donors (Lipinski definition) is 1. The molecule has 84 valence electrons. The van der Waals surface area contributed by atoms with Crippen LogP contribution in [-0.2, 0) is 0 Å². The first kappa shape index (κ1) is 12.2. The van der Waals surface area contributed by atoms with Gasteiger partial charge in [0.15, 0.2) is 0 Å². The Labute approximate surface area is 93.1 Å². The van der Waals surface area contributed by atoms with E-state index in [1.54, 1.807) is 0 Å². The number of benzene rings is 1. The predicted octanol–water partition coefficient (Wildman–Crippen LogP) is 2.34. The summed E-state index contributed by atoms with van der Waals surface area (Å²) in [4.78, 5) is 2.28. The van der Waals surface area contributed by atoms with Gasteiger partial charge in [0.2, 0.25) is 0 Å². The maximum absolute atomic E-state index is 6.13. The molecular weight excluding hydrogens is 184 g/mol. The molecule has 2 nitrogen and oxygen atoms in total. The van der Waals surface area contributed by atoms with Crippen molar-refractivity contribution in [3.8, 4) is 0 Å². The Hall–Kier alpha value is -0.860. The first-order valence-corrected chi connectivity index (χ1v) is 5.64. The third-order valence-corrected chi connectivity index (χ3v) is 2.62. The number of nitrogens with zero attached hydrogens (tertiary/aromatic N) is 1. The zero-order valence-corrected chi connectivity index (χ0v) is 10.0. The SMILES string of the molecule is CCCN(C)CC(N)c1ccc(C)cc1. The highest BCUT2D eigenvalue weighted by atomic mass is 15.1. The summed E-state index contributed by atoms with van der Waals surface area (Å²) in [6, 6.07) is 8.62. The van der Waals surface area contributed by atoms with Crippen molar-refractivity contribution in [3.05, 3.63) is 35.4 Å². The third-order valence-electron chi connectivity index (χ3n) is 2.62. The first-order chi connectivity index (χ1) is 7.13. The summed E-state index contributed by atoms with van der Waals surface area (Å²) in [6.45, 7) is 6.32. The van der Waals surface area contributed by atoms with Gasteiger partial charge in [-0.05, 0) is 32.5 Å². The summed E-state index contributed by atoms with van der Waals surface area (Å²) in [5.41, 5.74) is 8.65. The van der Waals surface area contributed by atoms with Crippen molar-refractivity contribution in [1.29, 1.82) is 0 Å². The van der Waals surface area contributed by atoms with E-state index in [0.717, 1.165) is 13.1 Å². The van der Waals surface area contributed by atoms with Crippen LogP contribution >= 0.6 is 0 Å². The molecule has 0 aliphatic rings. The lowest BCUT2D eigenvalue weighted by molar-refractivity contribution is 0.313. The molecule has 1 rings (SSSR count). The molecule has 15 heavy (non-hydrogen) atoms. The summed E-state index contributed by atoms with van der Waals surface area (Å²) >= 11 is 0. The molecule has 2 N–H and O–H groups in total. The average Bonchev–Trinajstić information content (AvgIpc) is 2.18. The normalized spacial score (nSPS) is 13.1. The predicted molar refractivity (Wildman–Crippen MR) is 65.9 cm³/mol. The van der Waals surface area contributed by atoms with Crippen molar-refractivity contribution < 1.29 is 0 Å². The van der Waals surface area contributed by atoms with Crippen molar-refractivity contribution in [1.82, 2.24) is 4.90 Å². The van der Waals surface area contributed by atoms with Crippen molar-refractivity contribution in [2.24, 2.45) is 5.73 Å². The second-order valence-corrected chi connectivity index (χ2v) is 4.28. The van der Waals surface area contributed by atoms with E-state index in [1.165, 1.54) is 17.5 Å². The zero-order chi connectivity index (χ0) is 11.3. The molecule has 0 bridgehead atoms. The van der Waals surface area contributed by atoms with Gasteiger partial charge in [0.25, 0.3) is 0 Å². The molecule has 0 aliphatic carbocycles. The van der Waals surface area contributed by atoms with Gasteiger partial charge in [0, 0.05) is 12.6 Å². The minimum atomic E-state index is 0.127. The van der Waals surface area contributed by atoms with Crippen LogP contribution in [0.3, 0.4) is 0 Å². The highest BCUT2D eigenvalue weighted by Gasteiger charge is 2.07. The van der Waals surface area contributed by atoms with Gasteiger partial charge in [0.05, 0.1) is 0 Å². The maximum Gasteiger partial charge on any atom is 0.0424 e. The molecule has 0 heterocycles. The largest absolute Gasteiger partial charge is 0.323 e. The molecule has 0 radical (unpaired) electrons. The Bertz CT molecular complexity index is 279. The fourth-order valence-electron chi connectivity index (χ4n) is 1.73. The lowest BCUT2D eigenvalue weighted by Gasteiger charge is -2.20. The van der Waals surface area contributed by atoms with E-state index in [0.29, 0.717) is 0 Å². The number of likely N-dealkylation sites (N-methyl/N-ethyl adjacent to an activating group) is 1. The van der Waals surface area contributed by atoms with E-state index < -0.39 is 0 Å². The molecular formula is C13H22N2. The van der Waals surface area contributed by atoms with Crippen LogP contribution in [-0.4, -0.2) is 25.0 Å². The van der Waals surface area contributed by atoms with Crippen molar-refractivity contribution in [2.75, 3.05) is 20.1 Å². The van der Waals surface area contributed by atoms with Crippen LogP contribution in [0, 0.1) is 6.92 Å². The van der Waals surface area contributed by atoms with E-state index in [-0.39, 0.29) is 6.04 Å². The van der Waals surface area contributed by atoms with Gasteiger partial charge in [-0.25, -0.2) is 0 Å². The van der Waals surface area contributed by atoms with E-state index in [1.807, 2.05) is 0 Å². The molecule has 2 heteroatoms. The minimum Gasteiger partial charge on any atom is -0.323 e. The second-order valence-electron chi connectivity index (χ2n) is 4.28. The standard InChI is InChI=1S/C13H22N2/c1-4-9-15(3)10-13(14)12-7-5-11(2)6-8-12/h5-8,13H,4,9-10,14H2,1-3H3. The quantitative estimate of drug-likeness (QED) is 0.801. The summed E-state index contributed by atoms with van der Waals surface area (Å²) in [5, 5.41) is 0. The first-order valence-electron chi connectivity index (χ1n) is 5.64. The molecule has 0 aromatic heterocycles. The van der Waals surface area contributed by atoms with Gasteiger partial charge in [-0.1, -0.05) is 36.8 Å². The summed E-state index contributed by atoms with van der Waals surface area (Å²) in [7, 11) is 2.12. The Morgan fingerprint density at radius 1 is 1.27 bits per heavy atom. The highest BCUT2D eigenvalue weighted by Crippen LogP contribution is 2.12. The Morgan fingerprint density at radius 3 is 2.40 bits per heavy atom. The molecule has 1 aromatic carbocycles. The smallest absolute Gasteiger partial charge is 0.0424 e. The molecule has 0 fully saturated rings. The van der Waals surface area contributed by atoms with E-state index >= 15 is 0 Å².